The fourth-order valence-electron chi connectivity index (χ4n) is 3.74. The second-order valence-electron chi connectivity index (χ2n) is 6.61. The molecule has 0 spiro atoms. The van der Waals surface area contributed by atoms with Crippen LogP contribution in [0.25, 0.3) is 0 Å². The van der Waals surface area contributed by atoms with Crippen molar-refractivity contribution in [1.82, 2.24) is 4.98 Å². The van der Waals surface area contributed by atoms with Gasteiger partial charge in [-0.25, -0.2) is 4.98 Å². The van der Waals surface area contributed by atoms with E-state index in [1.807, 2.05) is 12.1 Å². The van der Waals surface area contributed by atoms with E-state index in [0.29, 0.717) is 5.92 Å². The molecule has 0 bridgehead atoms. The van der Waals surface area contributed by atoms with Crippen molar-refractivity contribution in [2.45, 2.75) is 70.1 Å². The summed E-state index contributed by atoms with van der Waals surface area (Å²) in [6.45, 7) is 0. The van der Waals surface area contributed by atoms with Gasteiger partial charge < -0.3 is 5.32 Å². The van der Waals surface area contributed by atoms with Crippen molar-refractivity contribution in [3.05, 3.63) is 23.9 Å². The van der Waals surface area contributed by atoms with Gasteiger partial charge >= 0.3 is 0 Å². The normalized spacial score (nSPS) is 21.1. The van der Waals surface area contributed by atoms with E-state index in [-0.39, 0.29) is 11.8 Å². The van der Waals surface area contributed by atoms with Crippen LogP contribution in [0.15, 0.2) is 18.2 Å². The van der Waals surface area contributed by atoms with Crippen LogP contribution in [0.1, 0.15) is 75.8 Å². The molecular formula is C18H26N2O. The van der Waals surface area contributed by atoms with Gasteiger partial charge in [-0.05, 0) is 37.8 Å². The lowest BCUT2D eigenvalue weighted by molar-refractivity contribution is -0.120. The van der Waals surface area contributed by atoms with Gasteiger partial charge in [-0.15, -0.1) is 0 Å². The molecule has 2 fully saturated rings. The highest BCUT2D eigenvalue weighted by Gasteiger charge is 2.22. The number of carbonyl (C=O) groups is 1. The average molecular weight is 286 g/mol. The smallest absolute Gasteiger partial charge is 0.228 e. The minimum atomic E-state index is 0.169. The van der Waals surface area contributed by atoms with Gasteiger partial charge in [-0.1, -0.05) is 44.6 Å². The van der Waals surface area contributed by atoms with Crippen molar-refractivity contribution in [2.75, 3.05) is 5.32 Å². The third-order valence-corrected chi connectivity index (χ3v) is 5.02. The largest absolute Gasteiger partial charge is 0.310 e. The molecule has 21 heavy (non-hydrogen) atoms. The molecule has 0 atom stereocenters. The molecule has 1 amide bonds. The molecule has 1 aromatic rings. The Labute approximate surface area is 127 Å². The molecule has 2 saturated carbocycles. The Morgan fingerprint density at radius 2 is 1.62 bits per heavy atom. The maximum absolute atomic E-state index is 12.3. The first kappa shape index (κ1) is 14.6. The van der Waals surface area contributed by atoms with Gasteiger partial charge in [0.2, 0.25) is 5.91 Å². The van der Waals surface area contributed by atoms with E-state index in [2.05, 4.69) is 11.4 Å². The van der Waals surface area contributed by atoms with E-state index in [1.54, 1.807) is 0 Å². The summed E-state index contributed by atoms with van der Waals surface area (Å²) < 4.78 is 0. The van der Waals surface area contributed by atoms with Crippen molar-refractivity contribution < 1.29 is 4.79 Å². The number of aromatic nitrogens is 1. The summed E-state index contributed by atoms with van der Waals surface area (Å²) in [6, 6.07) is 6.08. The lowest BCUT2D eigenvalue weighted by atomic mass is 9.86. The third-order valence-electron chi connectivity index (χ3n) is 5.02. The first-order valence-electron chi connectivity index (χ1n) is 8.61. The molecule has 2 aliphatic rings. The number of rotatable bonds is 3. The highest BCUT2D eigenvalue weighted by molar-refractivity contribution is 5.91. The Morgan fingerprint density at radius 3 is 2.33 bits per heavy atom. The first-order chi connectivity index (χ1) is 10.3. The van der Waals surface area contributed by atoms with Crippen LogP contribution in [0, 0.1) is 5.92 Å². The number of hydrogen-bond acceptors (Lipinski definition) is 2. The van der Waals surface area contributed by atoms with E-state index in [1.165, 1.54) is 51.4 Å². The SMILES string of the molecule is O=C(Nc1cccc(C2CCCCC2)n1)C1CCCCC1. The number of pyridine rings is 1. The summed E-state index contributed by atoms with van der Waals surface area (Å²) in [7, 11) is 0. The van der Waals surface area contributed by atoms with Gasteiger partial charge in [0.1, 0.15) is 5.82 Å². The fraction of sp³-hybridized carbons (Fsp3) is 0.667. The molecular weight excluding hydrogens is 260 g/mol. The summed E-state index contributed by atoms with van der Waals surface area (Å²) in [5.41, 5.74) is 1.16. The molecule has 3 nitrogen and oxygen atoms in total. The second kappa shape index (κ2) is 7.06. The molecule has 3 heteroatoms. The zero-order valence-corrected chi connectivity index (χ0v) is 12.8. The molecule has 0 aromatic carbocycles. The zero-order valence-electron chi connectivity index (χ0n) is 12.8. The van der Waals surface area contributed by atoms with Gasteiger partial charge in [-0.2, -0.15) is 0 Å². The van der Waals surface area contributed by atoms with Crippen molar-refractivity contribution >= 4 is 11.7 Å². The number of carbonyl (C=O) groups excluding carboxylic acids is 1. The Kier molecular flexibility index (Phi) is 4.89. The van der Waals surface area contributed by atoms with Gasteiger partial charge in [-0.3, -0.25) is 4.79 Å². The standard InChI is InChI=1S/C18H26N2O/c21-18(15-10-5-2-6-11-15)20-17-13-7-12-16(19-17)14-8-3-1-4-9-14/h7,12-15H,1-6,8-11H2,(H,19,20,21). The molecule has 2 aliphatic carbocycles. The Morgan fingerprint density at radius 1 is 0.952 bits per heavy atom. The van der Waals surface area contributed by atoms with Crippen molar-refractivity contribution in [3.8, 4) is 0 Å². The van der Waals surface area contributed by atoms with Crippen LogP contribution in [0.4, 0.5) is 5.82 Å². The van der Waals surface area contributed by atoms with Gasteiger partial charge in [0, 0.05) is 17.5 Å². The van der Waals surface area contributed by atoms with E-state index in [9.17, 15) is 4.79 Å². The summed E-state index contributed by atoms with van der Waals surface area (Å²) in [4.78, 5) is 17.0. The summed E-state index contributed by atoms with van der Waals surface area (Å²) in [5.74, 6) is 1.70. The number of hydrogen-bond donors (Lipinski definition) is 1. The summed E-state index contributed by atoms with van der Waals surface area (Å²) in [5, 5.41) is 3.04. The number of nitrogens with one attached hydrogen (secondary N) is 1. The molecule has 114 valence electrons. The molecule has 0 saturated heterocycles. The average Bonchev–Trinajstić information content (AvgIpc) is 2.57. The lowest BCUT2D eigenvalue weighted by Crippen LogP contribution is -2.25. The molecule has 0 radical (unpaired) electrons. The van der Waals surface area contributed by atoms with Gasteiger partial charge in [0.15, 0.2) is 0 Å². The Bertz CT molecular complexity index is 474. The number of nitrogens with zero attached hydrogens (tertiary/aromatic N) is 1. The zero-order chi connectivity index (χ0) is 14.5. The minimum absolute atomic E-state index is 0.169. The van der Waals surface area contributed by atoms with Crippen LogP contribution in [0.5, 0.6) is 0 Å². The molecule has 3 rings (SSSR count). The molecule has 0 aliphatic heterocycles. The van der Waals surface area contributed by atoms with Crippen LogP contribution in [0.2, 0.25) is 0 Å². The molecule has 1 heterocycles. The van der Waals surface area contributed by atoms with E-state index in [0.717, 1.165) is 24.4 Å². The van der Waals surface area contributed by atoms with Crippen LogP contribution in [-0.2, 0) is 4.79 Å². The Hall–Kier alpha value is -1.38. The quantitative estimate of drug-likeness (QED) is 0.879. The second-order valence-corrected chi connectivity index (χ2v) is 6.61. The minimum Gasteiger partial charge on any atom is -0.310 e. The van der Waals surface area contributed by atoms with E-state index < -0.39 is 0 Å². The first-order valence-corrected chi connectivity index (χ1v) is 8.61. The predicted molar refractivity (Wildman–Crippen MR) is 85.3 cm³/mol. The molecule has 1 N–H and O–H groups in total. The maximum Gasteiger partial charge on any atom is 0.228 e. The fourth-order valence-corrected chi connectivity index (χ4v) is 3.74. The van der Waals surface area contributed by atoms with Gasteiger partial charge in [0.05, 0.1) is 0 Å². The van der Waals surface area contributed by atoms with Crippen LogP contribution in [0.3, 0.4) is 0 Å². The molecule has 0 unspecified atom stereocenters. The van der Waals surface area contributed by atoms with Crippen molar-refractivity contribution in [1.29, 1.82) is 0 Å². The summed E-state index contributed by atoms with van der Waals surface area (Å²) >= 11 is 0. The monoisotopic (exact) mass is 286 g/mol. The highest BCUT2D eigenvalue weighted by Crippen LogP contribution is 2.32. The van der Waals surface area contributed by atoms with Crippen LogP contribution >= 0.6 is 0 Å². The highest BCUT2D eigenvalue weighted by atomic mass is 16.1. The Balaban J connectivity index is 1.63. The van der Waals surface area contributed by atoms with Crippen molar-refractivity contribution in [3.63, 3.8) is 0 Å². The number of anilines is 1. The van der Waals surface area contributed by atoms with Gasteiger partial charge in [0.25, 0.3) is 0 Å². The van der Waals surface area contributed by atoms with Crippen LogP contribution in [-0.4, -0.2) is 10.9 Å². The van der Waals surface area contributed by atoms with Crippen LogP contribution < -0.4 is 5.32 Å². The van der Waals surface area contributed by atoms with E-state index in [4.69, 9.17) is 4.98 Å². The predicted octanol–water partition coefficient (Wildman–Crippen LogP) is 4.65. The number of amides is 1. The lowest BCUT2D eigenvalue weighted by Gasteiger charge is -2.22. The third kappa shape index (κ3) is 3.84. The van der Waals surface area contributed by atoms with E-state index >= 15 is 0 Å². The molecule has 1 aromatic heterocycles. The summed E-state index contributed by atoms with van der Waals surface area (Å²) in [6.07, 6.45) is 12.2. The topological polar surface area (TPSA) is 42.0 Å². The maximum atomic E-state index is 12.3. The van der Waals surface area contributed by atoms with Crippen molar-refractivity contribution in [2.24, 2.45) is 5.92 Å².